The Bertz CT molecular complexity index is 840. The second-order valence-electron chi connectivity index (χ2n) is 5.05. The van der Waals surface area contributed by atoms with Gasteiger partial charge in [0.1, 0.15) is 17.5 Å². The molecule has 0 fully saturated rings. The van der Waals surface area contributed by atoms with Crippen LogP contribution in [0.5, 0.6) is 11.5 Å². The Hall–Kier alpha value is -2.97. The molecule has 5 nitrogen and oxygen atoms in total. The number of carbonyl (C=O) groups is 1. The summed E-state index contributed by atoms with van der Waals surface area (Å²) < 4.78 is 10.6. The number of nitriles is 1. The van der Waals surface area contributed by atoms with Crippen LogP contribution in [0.25, 0.3) is 6.08 Å². The molecule has 1 aliphatic rings. The van der Waals surface area contributed by atoms with Crippen molar-refractivity contribution in [2.75, 3.05) is 12.0 Å². The van der Waals surface area contributed by atoms with Gasteiger partial charge in [-0.1, -0.05) is 17.7 Å². The van der Waals surface area contributed by atoms with E-state index in [9.17, 15) is 10.1 Å². The second-order valence-corrected chi connectivity index (χ2v) is 5.49. The first-order chi connectivity index (χ1) is 11.6. The molecular formula is C18H13ClN2O3. The lowest BCUT2D eigenvalue weighted by Crippen LogP contribution is -2.42. The van der Waals surface area contributed by atoms with Crippen molar-refractivity contribution in [3.8, 4) is 17.6 Å². The van der Waals surface area contributed by atoms with Gasteiger partial charge in [-0.3, -0.25) is 4.90 Å². The van der Waals surface area contributed by atoms with Crippen molar-refractivity contribution in [1.82, 2.24) is 0 Å². The Balaban J connectivity index is 1.93. The summed E-state index contributed by atoms with van der Waals surface area (Å²) in [5.74, 6) is 1.02. The van der Waals surface area contributed by atoms with Gasteiger partial charge in [-0.05, 0) is 48.5 Å². The highest BCUT2D eigenvalue weighted by Crippen LogP contribution is 2.32. The number of nitrogens with zero attached hydrogens (tertiary/aromatic N) is 2. The molecule has 1 atom stereocenters. The highest BCUT2D eigenvalue weighted by Gasteiger charge is 2.30. The Morgan fingerprint density at radius 1 is 1.21 bits per heavy atom. The minimum absolute atomic E-state index is 0.353. The summed E-state index contributed by atoms with van der Waals surface area (Å²) >= 11 is 5.82. The number of halogens is 1. The van der Waals surface area contributed by atoms with Crippen LogP contribution >= 0.6 is 11.6 Å². The van der Waals surface area contributed by atoms with Gasteiger partial charge in [-0.25, -0.2) is 4.79 Å². The molecule has 0 N–H and O–H groups in total. The quantitative estimate of drug-likeness (QED) is 0.818. The number of hydrogen-bond acceptors (Lipinski definition) is 4. The fraction of sp³-hybridized carbons (Fsp3) is 0.111. The van der Waals surface area contributed by atoms with Gasteiger partial charge in [0.25, 0.3) is 0 Å². The monoisotopic (exact) mass is 340 g/mol. The molecule has 2 aromatic rings. The molecule has 1 heterocycles. The third kappa shape index (κ3) is 3.05. The molecule has 120 valence electrons. The van der Waals surface area contributed by atoms with Gasteiger partial charge in [-0.15, -0.1) is 0 Å². The van der Waals surface area contributed by atoms with Crippen molar-refractivity contribution in [3.63, 3.8) is 0 Å². The van der Waals surface area contributed by atoms with E-state index in [1.54, 1.807) is 61.7 Å². The average molecular weight is 341 g/mol. The summed E-state index contributed by atoms with van der Waals surface area (Å²) in [5.41, 5.74) is 1.36. The first kappa shape index (κ1) is 15.9. The zero-order valence-electron chi connectivity index (χ0n) is 12.8. The van der Waals surface area contributed by atoms with Crippen LogP contribution in [0, 0.1) is 11.3 Å². The zero-order chi connectivity index (χ0) is 17.1. The van der Waals surface area contributed by atoms with Crippen molar-refractivity contribution in [3.05, 3.63) is 59.1 Å². The fourth-order valence-corrected chi connectivity index (χ4v) is 2.53. The lowest BCUT2D eigenvalue weighted by molar-refractivity contribution is 0.207. The Labute approximate surface area is 144 Å². The van der Waals surface area contributed by atoms with Crippen LogP contribution in [0.3, 0.4) is 0 Å². The van der Waals surface area contributed by atoms with E-state index in [-0.39, 0.29) is 0 Å². The molecule has 0 spiro atoms. The molecule has 2 aromatic carbocycles. The van der Waals surface area contributed by atoms with E-state index in [1.165, 1.54) is 4.90 Å². The van der Waals surface area contributed by atoms with E-state index in [1.807, 2.05) is 0 Å². The number of fused-ring (bicyclic) bond motifs is 1. The summed E-state index contributed by atoms with van der Waals surface area (Å²) in [4.78, 5) is 13.9. The van der Waals surface area contributed by atoms with E-state index in [0.717, 1.165) is 5.56 Å². The van der Waals surface area contributed by atoms with Crippen LogP contribution in [0.4, 0.5) is 10.5 Å². The molecule has 3 rings (SSSR count). The Morgan fingerprint density at radius 3 is 2.58 bits per heavy atom. The maximum Gasteiger partial charge on any atom is 0.421 e. The molecule has 1 amide bonds. The van der Waals surface area contributed by atoms with Crippen molar-refractivity contribution in [1.29, 1.82) is 5.26 Å². The normalized spacial score (nSPS) is 15.4. The van der Waals surface area contributed by atoms with E-state index in [0.29, 0.717) is 22.2 Å². The summed E-state index contributed by atoms with van der Waals surface area (Å²) in [5, 5.41) is 9.89. The largest absolute Gasteiger partial charge is 0.497 e. The van der Waals surface area contributed by atoms with Crippen molar-refractivity contribution in [2.24, 2.45) is 0 Å². The second kappa shape index (κ2) is 6.65. The molecule has 1 aliphatic heterocycles. The van der Waals surface area contributed by atoms with E-state index in [2.05, 4.69) is 6.07 Å². The van der Waals surface area contributed by atoms with Crippen molar-refractivity contribution < 1.29 is 14.3 Å². The molecule has 0 bridgehead atoms. The first-order valence-corrected chi connectivity index (χ1v) is 7.52. The molecule has 1 unspecified atom stereocenters. The number of hydrogen-bond donors (Lipinski definition) is 0. The van der Waals surface area contributed by atoms with Crippen molar-refractivity contribution in [2.45, 2.75) is 6.04 Å². The molecule has 0 aliphatic carbocycles. The summed E-state index contributed by atoms with van der Waals surface area (Å²) in [6.07, 6.45) is 2.79. The smallest absolute Gasteiger partial charge is 0.421 e. The molecule has 0 aromatic heterocycles. The van der Waals surface area contributed by atoms with Gasteiger partial charge >= 0.3 is 6.09 Å². The van der Waals surface area contributed by atoms with Gasteiger partial charge in [0.2, 0.25) is 0 Å². The standard InChI is InChI=1S/C18H13ClN2O3/c1-23-16-8-9-17-12(10-16)2-5-14(11-20)21(17)18(22)24-15-6-3-13(19)4-7-15/h2-10,14H,1H3. The van der Waals surface area contributed by atoms with E-state index in [4.69, 9.17) is 21.1 Å². The number of benzene rings is 2. The average Bonchev–Trinajstić information content (AvgIpc) is 2.61. The van der Waals surface area contributed by atoms with Gasteiger partial charge < -0.3 is 9.47 Å². The number of anilines is 1. The lowest BCUT2D eigenvalue weighted by atomic mass is 10.0. The van der Waals surface area contributed by atoms with Gasteiger partial charge in [0.05, 0.1) is 18.9 Å². The first-order valence-electron chi connectivity index (χ1n) is 7.15. The van der Waals surface area contributed by atoms with Crippen LogP contribution in [-0.4, -0.2) is 19.2 Å². The fourth-order valence-electron chi connectivity index (χ4n) is 2.41. The SMILES string of the molecule is COc1ccc2c(c1)C=CC(C#N)N2C(=O)Oc1ccc(Cl)cc1. The molecular weight excluding hydrogens is 328 g/mol. The number of methoxy groups -OCH3 is 1. The molecule has 0 saturated carbocycles. The van der Waals surface area contributed by atoms with Crippen LogP contribution in [-0.2, 0) is 0 Å². The zero-order valence-corrected chi connectivity index (χ0v) is 13.5. The number of amides is 1. The Kier molecular flexibility index (Phi) is 4.41. The van der Waals surface area contributed by atoms with Crippen LogP contribution < -0.4 is 14.4 Å². The summed E-state index contributed by atoms with van der Waals surface area (Å²) in [6.45, 7) is 0. The third-order valence-electron chi connectivity index (χ3n) is 3.58. The van der Waals surface area contributed by atoms with Crippen LogP contribution in [0.1, 0.15) is 5.56 Å². The van der Waals surface area contributed by atoms with Gasteiger partial charge in [0, 0.05) is 10.6 Å². The predicted molar refractivity (Wildman–Crippen MR) is 91.4 cm³/mol. The molecule has 0 saturated heterocycles. The van der Waals surface area contributed by atoms with Gasteiger partial charge in [-0.2, -0.15) is 5.26 Å². The predicted octanol–water partition coefficient (Wildman–Crippen LogP) is 4.27. The highest BCUT2D eigenvalue weighted by atomic mass is 35.5. The minimum atomic E-state index is -0.745. The third-order valence-corrected chi connectivity index (χ3v) is 3.83. The molecule has 6 heteroatoms. The number of carbonyl (C=O) groups excluding carboxylic acids is 1. The molecule has 24 heavy (non-hydrogen) atoms. The minimum Gasteiger partial charge on any atom is -0.497 e. The highest BCUT2D eigenvalue weighted by molar-refractivity contribution is 6.30. The lowest BCUT2D eigenvalue weighted by Gasteiger charge is -2.29. The number of rotatable bonds is 2. The van der Waals surface area contributed by atoms with Crippen LogP contribution in [0.2, 0.25) is 5.02 Å². The number of ether oxygens (including phenoxy) is 2. The van der Waals surface area contributed by atoms with Crippen LogP contribution in [0.15, 0.2) is 48.5 Å². The summed E-state index contributed by atoms with van der Waals surface area (Å²) in [7, 11) is 1.57. The maximum absolute atomic E-state index is 12.6. The van der Waals surface area contributed by atoms with E-state index >= 15 is 0 Å². The van der Waals surface area contributed by atoms with Crippen molar-refractivity contribution >= 4 is 29.5 Å². The van der Waals surface area contributed by atoms with Gasteiger partial charge in [0.15, 0.2) is 0 Å². The molecule has 0 radical (unpaired) electrons. The summed E-state index contributed by atoms with van der Waals surface area (Å²) in [6, 6.07) is 13.0. The van der Waals surface area contributed by atoms with E-state index < -0.39 is 12.1 Å². The Morgan fingerprint density at radius 2 is 1.92 bits per heavy atom. The topological polar surface area (TPSA) is 62.6 Å². The maximum atomic E-state index is 12.6.